The molecule has 1 N–H and O–H groups in total. The summed E-state index contributed by atoms with van der Waals surface area (Å²) in [5, 5.41) is 7.26. The molecule has 1 saturated carbocycles. The molecule has 1 aliphatic carbocycles. The molecular weight excluding hydrogens is 266 g/mol. The van der Waals surface area contributed by atoms with Crippen LogP contribution >= 0.6 is 0 Å². The minimum Gasteiger partial charge on any atom is -0.383 e. The van der Waals surface area contributed by atoms with Gasteiger partial charge in [-0.25, -0.2) is 0 Å². The van der Waals surface area contributed by atoms with Gasteiger partial charge in [0.1, 0.15) is 0 Å². The van der Waals surface area contributed by atoms with Gasteiger partial charge in [0.15, 0.2) is 0 Å². The summed E-state index contributed by atoms with van der Waals surface area (Å²) in [7, 11) is 1.70. The minimum atomic E-state index is 0.129. The highest BCUT2D eigenvalue weighted by Crippen LogP contribution is 2.34. The number of nitrogens with one attached hydrogen (secondary N) is 1. The summed E-state index contributed by atoms with van der Waals surface area (Å²) in [5.41, 5.74) is 1.84. The van der Waals surface area contributed by atoms with Crippen molar-refractivity contribution in [2.75, 3.05) is 20.3 Å². The molecule has 1 aromatic heterocycles. The standard InChI is InChI=1S/C16H25N3O2/c1-21-11-13-8-5-9-19(13)16(20)14-10-17-18-15(14)12-6-3-2-4-7-12/h10,12-13H,2-9,11H2,1H3,(H,17,18)/t13-/m1/s1. The zero-order chi connectivity index (χ0) is 14.7. The van der Waals surface area contributed by atoms with Crippen LogP contribution in [-0.2, 0) is 4.74 Å². The van der Waals surface area contributed by atoms with Gasteiger partial charge in [-0.15, -0.1) is 0 Å². The minimum absolute atomic E-state index is 0.129. The first-order valence-corrected chi connectivity index (χ1v) is 8.14. The highest BCUT2D eigenvalue weighted by atomic mass is 16.5. The van der Waals surface area contributed by atoms with Crippen LogP contribution in [0.1, 0.15) is 66.9 Å². The number of carbonyl (C=O) groups excluding carboxylic acids is 1. The van der Waals surface area contributed by atoms with Crippen LogP contribution in [0.4, 0.5) is 0 Å². The summed E-state index contributed by atoms with van der Waals surface area (Å²) in [4.78, 5) is 14.8. The van der Waals surface area contributed by atoms with E-state index in [1.54, 1.807) is 13.3 Å². The summed E-state index contributed by atoms with van der Waals surface area (Å²) in [5.74, 6) is 0.604. The summed E-state index contributed by atoms with van der Waals surface area (Å²) >= 11 is 0. The van der Waals surface area contributed by atoms with Crippen LogP contribution in [0.3, 0.4) is 0 Å². The Morgan fingerprint density at radius 2 is 2.14 bits per heavy atom. The van der Waals surface area contributed by atoms with Gasteiger partial charge in [-0.1, -0.05) is 19.3 Å². The van der Waals surface area contributed by atoms with E-state index in [2.05, 4.69) is 10.2 Å². The monoisotopic (exact) mass is 291 g/mol. The zero-order valence-electron chi connectivity index (χ0n) is 12.8. The summed E-state index contributed by atoms with van der Waals surface area (Å²) < 4.78 is 5.25. The SMILES string of the molecule is COC[C@H]1CCCN1C(=O)c1cn[nH]c1C1CCCCC1. The largest absolute Gasteiger partial charge is 0.383 e. The number of amides is 1. The van der Waals surface area contributed by atoms with Crippen LogP contribution in [0.25, 0.3) is 0 Å². The van der Waals surface area contributed by atoms with E-state index in [1.807, 2.05) is 4.90 Å². The summed E-state index contributed by atoms with van der Waals surface area (Å²) in [6.45, 7) is 1.46. The Kier molecular flexibility index (Phi) is 4.58. The molecule has 5 nitrogen and oxygen atoms in total. The molecule has 0 bridgehead atoms. The van der Waals surface area contributed by atoms with E-state index in [-0.39, 0.29) is 11.9 Å². The Balaban J connectivity index is 1.77. The van der Waals surface area contributed by atoms with Crippen LogP contribution in [0, 0.1) is 0 Å². The number of likely N-dealkylation sites (tertiary alicyclic amines) is 1. The predicted octanol–water partition coefficient (Wildman–Crippen LogP) is 2.71. The maximum atomic E-state index is 12.9. The lowest BCUT2D eigenvalue weighted by molar-refractivity contribution is 0.0629. The van der Waals surface area contributed by atoms with E-state index in [4.69, 9.17) is 4.74 Å². The van der Waals surface area contributed by atoms with Gasteiger partial charge in [0.25, 0.3) is 5.91 Å². The quantitative estimate of drug-likeness (QED) is 0.928. The van der Waals surface area contributed by atoms with Gasteiger partial charge < -0.3 is 9.64 Å². The molecule has 1 amide bonds. The molecule has 0 unspecified atom stereocenters. The number of hydrogen-bond acceptors (Lipinski definition) is 3. The predicted molar refractivity (Wildman–Crippen MR) is 80.3 cm³/mol. The van der Waals surface area contributed by atoms with Gasteiger partial charge in [0.05, 0.1) is 30.1 Å². The molecule has 0 radical (unpaired) electrons. The van der Waals surface area contributed by atoms with Crippen molar-refractivity contribution in [3.63, 3.8) is 0 Å². The Bertz CT molecular complexity index is 480. The number of ether oxygens (including phenoxy) is 1. The molecule has 1 saturated heterocycles. The van der Waals surface area contributed by atoms with Crippen LogP contribution < -0.4 is 0 Å². The molecule has 2 fully saturated rings. The van der Waals surface area contributed by atoms with Gasteiger partial charge in [-0.05, 0) is 25.7 Å². The van der Waals surface area contributed by atoms with Crippen molar-refractivity contribution in [3.8, 4) is 0 Å². The van der Waals surface area contributed by atoms with E-state index in [9.17, 15) is 4.79 Å². The third-order valence-corrected chi connectivity index (χ3v) is 4.91. The van der Waals surface area contributed by atoms with E-state index in [0.29, 0.717) is 12.5 Å². The number of methoxy groups -OCH3 is 1. The van der Waals surface area contributed by atoms with Crippen LogP contribution in [0.2, 0.25) is 0 Å². The van der Waals surface area contributed by atoms with Gasteiger partial charge >= 0.3 is 0 Å². The van der Waals surface area contributed by atoms with Crippen molar-refractivity contribution < 1.29 is 9.53 Å². The Morgan fingerprint density at radius 1 is 1.33 bits per heavy atom. The van der Waals surface area contributed by atoms with E-state index in [1.165, 1.54) is 32.1 Å². The molecule has 3 rings (SSSR count). The Labute approximate surface area is 126 Å². The average Bonchev–Trinajstić information content (AvgIpc) is 3.17. The maximum absolute atomic E-state index is 12.9. The normalized spacial score (nSPS) is 23.7. The molecule has 1 atom stereocenters. The van der Waals surface area contributed by atoms with E-state index < -0.39 is 0 Å². The van der Waals surface area contributed by atoms with Crippen LogP contribution in [0.5, 0.6) is 0 Å². The molecule has 0 aromatic carbocycles. The molecule has 2 heterocycles. The fourth-order valence-electron chi connectivity index (χ4n) is 3.79. The maximum Gasteiger partial charge on any atom is 0.257 e. The molecular formula is C16H25N3O2. The number of aromatic amines is 1. The average molecular weight is 291 g/mol. The molecule has 21 heavy (non-hydrogen) atoms. The van der Waals surface area contributed by atoms with Crippen molar-refractivity contribution in [1.29, 1.82) is 0 Å². The van der Waals surface area contributed by atoms with Crippen LogP contribution in [-0.4, -0.2) is 47.3 Å². The zero-order valence-corrected chi connectivity index (χ0v) is 12.8. The van der Waals surface area contributed by atoms with E-state index >= 15 is 0 Å². The highest BCUT2D eigenvalue weighted by Gasteiger charge is 2.32. The fourth-order valence-corrected chi connectivity index (χ4v) is 3.79. The van der Waals surface area contributed by atoms with Gasteiger partial charge in [-0.3, -0.25) is 9.89 Å². The van der Waals surface area contributed by atoms with Crippen molar-refractivity contribution >= 4 is 5.91 Å². The molecule has 5 heteroatoms. The topological polar surface area (TPSA) is 58.2 Å². The fraction of sp³-hybridized carbons (Fsp3) is 0.750. The highest BCUT2D eigenvalue weighted by molar-refractivity contribution is 5.95. The molecule has 2 aliphatic rings. The van der Waals surface area contributed by atoms with E-state index in [0.717, 1.165) is 30.6 Å². The first-order chi connectivity index (χ1) is 10.3. The third-order valence-electron chi connectivity index (χ3n) is 4.91. The second-order valence-corrected chi connectivity index (χ2v) is 6.28. The number of hydrogen-bond donors (Lipinski definition) is 1. The summed E-state index contributed by atoms with van der Waals surface area (Å²) in [6, 6.07) is 0.219. The lowest BCUT2D eigenvalue weighted by Crippen LogP contribution is -2.38. The van der Waals surface area contributed by atoms with Gasteiger partial charge in [0.2, 0.25) is 0 Å². The number of rotatable bonds is 4. The summed E-state index contributed by atoms with van der Waals surface area (Å²) in [6.07, 6.45) is 9.99. The molecule has 1 aliphatic heterocycles. The van der Waals surface area contributed by atoms with Crippen molar-refractivity contribution in [1.82, 2.24) is 15.1 Å². The first kappa shape index (κ1) is 14.6. The van der Waals surface area contributed by atoms with Gasteiger partial charge in [0, 0.05) is 19.6 Å². The number of carbonyl (C=O) groups is 1. The molecule has 0 spiro atoms. The lowest BCUT2D eigenvalue weighted by atomic mass is 9.85. The number of nitrogens with zero attached hydrogens (tertiary/aromatic N) is 2. The van der Waals surface area contributed by atoms with Crippen molar-refractivity contribution in [3.05, 3.63) is 17.5 Å². The van der Waals surface area contributed by atoms with Crippen LogP contribution in [0.15, 0.2) is 6.20 Å². The smallest absolute Gasteiger partial charge is 0.257 e. The van der Waals surface area contributed by atoms with Gasteiger partial charge in [-0.2, -0.15) is 5.10 Å². The molecule has 116 valence electrons. The second-order valence-electron chi connectivity index (χ2n) is 6.28. The lowest BCUT2D eigenvalue weighted by Gasteiger charge is -2.26. The number of H-pyrrole nitrogens is 1. The molecule has 1 aromatic rings. The Morgan fingerprint density at radius 3 is 2.90 bits per heavy atom. The Hall–Kier alpha value is -1.36. The first-order valence-electron chi connectivity index (χ1n) is 8.14. The van der Waals surface area contributed by atoms with Crippen molar-refractivity contribution in [2.24, 2.45) is 0 Å². The second kappa shape index (κ2) is 6.60. The number of aromatic nitrogens is 2. The van der Waals surface area contributed by atoms with Crippen molar-refractivity contribution in [2.45, 2.75) is 56.9 Å². The third kappa shape index (κ3) is 2.98.